The molecule has 96 valence electrons. The molecule has 0 amide bonds. The van der Waals surface area contributed by atoms with Crippen molar-refractivity contribution >= 4 is 16.7 Å². The van der Waals surface area contributed by atoms with Crippen LogP contribution in [0.3, 0.4) is 0 Å². The monoisotopic (exact) mass is 260 g/mol. The SMILES string of the molecule is N#Cc1ccc2ncnc(NCc3ccccc3)c2c1. The topological polar surface area (TPSA) is 61.6 Å². The number of rotatable bonds is 3. The molecule has 1 N–H and O–H groups in total. The van der Waals surface area contributed by atoms with Crippen LogP contribution < -0.4 is 5.32 Å². The summed E-state index contributed by atoms with van der Waals surface area (Å²) in [4.78, 5) is 8.48. The Morgan fingerprint density at radius 2 is 1.90 bits per heavy atom. The van der Waals surface area contributed by atoms with Gasteiger partial charge < -0.3 is 5.32 Å². The van der Waals surface area contributed by atoms with E-state index in [2.05, 4.69) is 33.5 Å². The van der Waals surface area contributed by atoms with Crippen molar-refractivity contribution in [2.75, 3.05) is 5.32 Å². The zero-order chi connectivity index (χ0) is 13.8. The molecule has 0 bridgehead atoms. The summed E-state index contributed by atoms with van der Waals surface area (Å²) in [6.07, 6.45) is 1.53. The average Bonchev–Trinajstić information content (AvgIpc) is 2.53. The first-order valence-electron chi connectivity index (χ1n) is 6.29. The molecule has 0 fully saturated rings. The summed E-state index contributed by atoms with van der Waals surface area (Å²) >= 11 is 0. The molecule has 0 aliphatic rings. The lowest BCUT2D eigenvalue weighted by molar-refractivity contribution is 1.10. The van der Waals surface area contributed by atoms with Crippen LogP contribution in [0.2, 0.25) is 0 Å². The van der Waals surface area contributed by atoms with Gasteiger partial charge in [-0.15, -0.1) is 0 Å². The van der Waals surface area contributed by atoms with Gasteiger partial charge in [0, 0.05) is 11.9 Å². The van der Waals surface area contributed by atoms with Crippen molar-refractivity contribution in [2.45, 2.75) is 6.54 Å². The highest BCUT2D eigenvalue weighted by Crippen LogP contribution is 2.20. The van der Waals surface area contributed by atoms with E-state index in [0.717, 1.165) is 16.7 Å². The van der Waals surface area contributed by atoms with E-state index in [1.807, 2.05) is 30.3 Å². The Morgan fingerprint density at radius 1 is 1.05 bits per heavy atom. The molecule has 2 aromatic carbocycles. The molecule has 1 heterocycles. The molecule has 0 saturated carbocycles. The van der Waals surface area contributed by atoms with Crippen LogP contribution in [0.15, 0.2) is 54.9 Å². The Hall–Kier alpha value is -2.93. The predicted octanol–water partition coefficient (Wildman–Crippen LogP) is 3.11. The van der Waals surface area contributed by atoms with Crippen LogP contribution in [0.4, 0.5) is 5.82 Å². The molecular formula is C16H12N4. The summed E-state index contributed by atoms with van der Waals surface area (Å²) in [6.45, 7) is 0.684. The van der Waals surface area contributed by atoms with Gasteiger partial charge >= 0.3 is 0 Å². The van der Waals surface area contributed by atoms with E-state index >= 15 is 0 Å². The second kappa shape index (κ2) is 5.37. The number of anilines is 1. The Labute approximate surface area is 116 Å². The molecule has 4 nitrogen and oxygen atoms in total. The van der Waals surface area contributed by atoms with Gasteiger partial charge in [0.25, 0.3) is 0 Å². The van der Waals surface area contributed by atoms with Gasteiger partial charge in [0.2, 0.25) is 0 Å². The van der Waals surface area contributed by atoms with Gasteiger partial charge in [-0.1, -0.05) is 30.3 Å². The Bertz CT molecular complexity index is 775. The number of nitriles is 1. The number of nitrogens with one attached hydrogen (secondary N) is 1. The van der Waals surface area contributed by atoms with Crippen molar-refractivity contribution in [3.8, 4) is 6.07 Å². The van der Waals surface area contributed by atoms with Crippen LogP contribution in [0, 0.1) is 11.3 Å². The number of hydrogen-bond acceptors (Lipinski definition) is 4. The summed E-state index contributed by atoms with van der Waals surface area (Å²) in [6, 6.07) is 17.6. The minimum atomic E-state index is 0.607. The van der Waals surface area contributed by atoms with Gasteiger partial charge in [0.05, 0.1) is 17.1 Å². The third-order valence-electron chi connectivity index (χ3n) is 3.07. The summed E-state index contributed by atoms with van der Waals surface area (Å²) < 4.78 is 0. The third-order valence-corrected chi connectivity index (χ3v) is 3.07. The summed E-state index contributed by atoms with van der Waals surface area (Å²) in [5.74, 6) is 0.746. The fourth-order valence-electron chi connectivity index (χ4n) is 2.05. The first kappa shape index (κ1) is 12.1. The predicted molar refractivity (Wildman–Crippen MR) is 78.0 cm³/mol. The smallest absolute Gasteiger partial charge is 0.137 e. The Kier molecular flexibility index (Phi) is 3.25. The van der Waals surface area contributed by atoms with Crippen LogP contribution in [0.1, 0.15) is 11.1 Å². The van der Waals surface area contributed by atoms with E-state index in [0.29, 0.717) is 12.1 Å². The van der Waals surface area contributed by atoms with E-state index in [1.165, 1.54) is 11.9 Å². The lowest BCUT2D eigenvalue weighted by Crippen LogP contribution is -2.02. The maximum absolute atomic E-state index is 8.98. The van der Waals surface area contributed by atoms with E-state index in [-0.39, 0.29) is 0 Å². The summed E-state index contributed by atoms with van der Waals surface area (Å²) in [7, 11) is 0. The molecule has 0 aliphatic carbocycles. The number of fused-ring (bicyclic) bond motifs is 1. The van der Waals surface area contributed by atoms with Crippen molar-refractivity contribution < 1.29 is 0 Å². The van der Waals surface area contributed by atoms with Crippen LogP contribution in [-0.2, 0) is 6.54 Å². The van der Waals surface area contributed by atoms with Gasteiger partial charge in [-0.3, -0.25) is 0 Å². The average molecular weight is 260 g/mol. The molecule has 4 heteroatoms. The van der Waals surface area contributed by atoms with Crippen molar-refractivity contribution in [3.05, 3.63) is 66.0 Å². The minimum absolute atomic E-state index is 0.607. The molecule has 20 heavy (non-hydrogen) atoms. The Morgan fingerprint density at radius 3 is 2.70 bits per heavy atom. The maximum Gasteiger partial charge on any atom is 0.137 e. The first-order valence-corrected chi connectivity index (χ1v) is 6.29. The van der Waals surface area contributed by atoms with E-state index in [4.69, 9.17) is 5.26 Å². The number of benzene rings is 2. The van der Waals surface area contributed by atoms with Crippen LogP contribution in [0.25, 0.3) is 10.9 Å². The highest BCUT2D eigenvalue weighted by molar-refractivity contribution is 5.89. The molecule has 0 atom stereocenters. The van der Waals surface area contributed by atoms with Crippen molar-refractivity contribution in [3.63, 3.8) is 0 Å². The van der Waals surface area contributed by atoms with E-state index in [9.17, 15) is 0 Å². The fourth-order valence-corrected chi connectivity index (χ4v) is 2.05. The molecule has 3 rings (SSSR count). The standard InChI is InChI=1S/C16H12N4/c17-9-13-6-7-15-14(8-13)16(20-11-19-15)18-10-12-4-2-1-3-5-12/h1-8,11H,10H2,(H,18,19,20). The molecular weight excluding hydrogens is 248 g/mol. The summed E-state index contributed by atoms with van der Waals surface area (Å²) in [5, 5.41) is 13.1. The largest absolute Gasteiger partial charge is 0.365 e. The van der Waals surface area contributed by atoms with Crippen LogP contribution in [-0.4, -0.2) is 9.97 Å². The second-order valence-corrected chi connectivity index (χ2v) is 4.41. The lowest BCUT2D eigenvalue weighted by Gasteiger charge is -2.08. The lowest BCUT2D eigenvalue weighted by atomic mass is 10.1. The zero-order valence-corrected chi connectivity index (χ0v) is 10.7. The molecule has 3 aromatic rings. The number of hydrogen-bond donors (Lipinski definition) is 1. The van der Waals surface area contributed by atoms with Gasteiger partial charge in [-0.05, 0) is 23.8 Å². The maximum atomic E-state index is 8.98. The Balaban J connectivity index is 1.93. The van der Waals surface area contributed by atoms with Gasteiger partial charge in [0.15, 0.2) is 0 Å². The molecule has 0 saturated heterocycles. The molecule has 0 spiro atoms. The molecule has 0 aliphatic heterocycles. The highest BCUT2D eigenvalue weighted by atomic mass is 15.0. The minimum Gasteiger partial charge on any atom is -0.365 e. The van der Waals surface area contributed by atoms with Crippen LogP contribution in [0.5, 0.6) is 0 Å². The van der Waals surface area contributed by atoms with Gasteiger partial charge in [0.1, 0.15) is 12.1 Å². The normalized spacial score (nSPS) is 10.2. The van der Waals surface area contributed by atoms with Crippen molar-refractivity contribution in [2.24, 2.45) is 0 Å². The second-order valence-electron chi connectivity index (χ2n) is 4.41. The fraction of sp³-hybridized carbons (Fsp3) is 0.0625. The van der Waals surface area contributed by atoms with E-state index in [1.54, 1.807) is 6.07 Å². The van der Waals surface area contributed by atoms with E-state index < -0.39 is 0 Å². The number of aromatic nitrogens is 2. The third kappa shape index (κ3) is 2.43. The van der Waals surface area contributed by atoms with Crippen molar-refractivity contribution in [1.29, 1.82) is 5.26 Å². The summed E-state index contributed by atoms with van der Waals surface area (Å²) in [5.41, 5.74) is 2.61. The highest BCUT2D eigenvalue weighted by Gasteiger charge is 2.04. The number of nitrogens with zero attached hydrogens (tertiary/aromatic N) is 3. The first-order chi connectivity index (χ1) is 9.86. The van der Waals surface area contributed by atoms with Crippen molar-refractivity contribution in [1.82, 2.24) is 9.97 Å². The van der Waals surface area contributed by atoms with Gasteiger partial charge in [-0.2, -0.15) is 5.26 Å². The van der Waals surface area contributed by atoms with Crippen LogP contribution >= 0.6 is 0 Å². The van der Waals surface area contributed by atoms with Gasteiger partial charge in [-0.25, -0.2) is 9.97 Å². The molecule has 0 radical (unpaired) electrons. The molecule has 0 unspecified atom stereocenters. The quantitative estimate of drug-likeness (QED) is 0.786. The molecule has 1 aromatic heterocycles. The zero-order valence-electron chi connectivity index (χ0n) is 10.7.